The topological polar surface area (TPSA) is 79.8 Å². The van der Waals surface area contributed by atoms with Gasteiger partial charge in [0, 0.05) is 5.56 Å². The minimum Gasteiger partial charge on any atom is -0.489 e. The van der Waals surface area contributed by atoms with Crippen molar-refractivity contribution in [2.45, 2.75) is 0 Å². The van der Waals surface area contributed by atoms with Crippen molar-refractivity contribution < 1.29 is 14.3 Å². The molecule has 6 nitrogen and oxygen atoms in total. The molecule has 0 atom stereocenters. The summed E-state index contributed by atoms with van der Waals surface area (Å²) in [5.74, 6) is -1.21. The molecule has 0 radical (unpaired) electrons. The van der Waals surface area contributed by atoms with E-state index in [0.29, 0.717) is 28.6 Å². The van der Waals surface area contributed by atoms with Crippen molar-refractivity contribution in [3.63, 3.8) is 0 Å². The Morgan fingerprint density at radius 1 is 1.12 bits per heavy atom. The molecule has 0 aliphatic carbocycles. The Hall–Kier alpha value is -3.12. The van der Waals surface area contributed by atoms with Crippen molar-refractivity contribution in [2.75, 3.05) is 11.9 Å². The van der Waals surface area contributed by atoms with Gasteiger partial charge in [0.25, 0.3) is 0 Å². The van der Waals surface area contributed by atoms with Gasteiger partial charge in [-0.05, 0) is 24.3 Å². The predicted octanol–water partition coefficient (Wildman–Crippen LogP) is 2.99. The Bertz CT molecular complexity index is 806. The number of carbonyl (C=O) groups excluding carboxylic acids is 2. The average molecular weight is 358 g/mol. The molecule has 2 N–H and O–H groups in total. The fraction of sp³-hybridized carbons (Fsp3) is 0.0556. The summed E-state index contributed by atoms with van der Waals surface area (Å²) in [5.41, 5.74) is 3.15. The molecule has 2 aromatic rings. The van der Waals surface area contributed by atoms with Gasteiger partial charge in [0.15, 0.2) is 0 Å². The van der Waals surface area contributed by atoms with Crippen LogP contribution in [-0.4, -0.2) is 24.6 Å². The highest BCUT2D eigenvalue weighted by Gasteiger charge is 2.14. The summed E-state index contributed by atoms with van der Waals surface area (Å²) in [6.07, 6.45) is 3.01. The largest absolute Gasteiger partial charge is 0.489 e. The van der Waals surface area contributed by atoms with Crippen LogP contribution in [0.15, 0.2) is 66.3 Å². The van der Waals surface area contributed by atoms with E-state index in [9.17, 15) is 9.59 Å². The SMILES string of the molecule is C=CCOc1ccccc1/C=N/NC(=O)C(=O)Nc1ccccc1Cl. The summed E-state index contributed by atoms with van der Waals surface area (Å²) >= 11 is 5.92. The first kappa shape index (κ1) is 18.2. The number of ether oxygens (including phenoxy) is 1. The molecular formula is C18H16ClN3O3. The fourth-order valence-electron chi connectivity index (χ4n) is 1.82. The third-order valence-electron chi connectivity index (χ3n) is 2.97. The lowest BCUT2D eigenvalue weighted by Gasteiger charge is -2.07. The minimum atomic E-state index is -0.916. The first-order chi connectivity index (χ1) is 12.1. The minimum absolute atomic E-state index is 0.334. The van der Waals surface area contributed by atoms with Gasteiger partial charge in [0.1, 0.15) is 12.4 Å². The quantitative estimate of drug-likeness (QED) is 0.361. The van der Waals surface area contributed by atoms with E-state index < -0.39 is 11.8 Å². The van der Waals surface area contributed by atoms with Crippen molar-refractivity contribution >= 4 is 35.3 Å². The van der Waals surface area contributed by atoms with Crippen LogP contribution in [0.25, 0.3) is 0 Å². The normalized spacial score (nSPS) is 10.3. The molecule has 0 aromatic heterocycles. The molecule has 0 aliphatic rings. The maximum Gasteiger partial charge on any atom is 0.329 e. The van der Waals surface area contributed by atoms with E-state index in [-0.39, 0.29) is 0 Å². The van der Waals surface area contributed by atoms with Gasteiger partial charge in [-0.3, -0.25) is 9.59 Å². The second-order valence-corrected chi connectivity index (χ2v) is 5.18. The second-order valence-electron chi connectivity index (χ2n) is 4.77. The molecule has 0 saturated carbocycles. The van der Waals surface area contributed by atoms with Crippen molar-refractivity contribution in [2.24, 2.45) is 5.10 Å². The lowest BCUT2D eigenvalue weighted by molar-refractivity contribution is -0.136. The van der Waals surface area contributed by atoms with Crippen LogP contribution in [0.2, 0.25) is 5.02 Å². The number of para-hydroxylation sites is 2. The van der Waals surface area contributed by atoms with Crippen molar-refractivity contribution in [3.05, 3.63) is 71.8 Å². The number of hydrogen-bond donors (Lipinski definition) is 2. The number of nitrogens with zero attached hydrogens (tertiary/aromatic N) is 1. The van der Waals surface area contributed by atoms with Crippen LogP contribution in [0.1, 0.15) is 5.56 Å². The maximum atomic E-state index is 11.8. The van der Waals surface area contributed by atoms with Crippen LogP contribution in [0.3, 0.4) is 0 Å². The number of amides is 2. The highest BCUT2D eigenvalue weighted by molar-refractivity contribution is 6.41. The van der Waals surface area contributed by atoms with E-state index in [4.69, 9.17) is 16.3 Å². The summed E-state index contributed by atoms with van der Waals surface area (Å²) in [4.78, 5) is 23.6. The van der Waals surface area contributed by atoms with Gasteiger partial charge in [0.2, 0.25) is 0 Å². The highest BCUT2D eigenvalue weighted by atomic mass is 35.5. The van der Waals surface area contributed by atoms with Crippen LogP contribution in [0.4, 0.5) is 5.69 Å². The van der Waals surface area contributed by atoms with Gasteiger partial charge < -0.3 is 10.1 Å². The van der Waals surface area contributed by atoms with Gasteiger partial charge in [-0.2, -0.15) is 5.10 Å². The molecule has 2 rings (SSSR count). The molecule has 128 valence electrons. The van der Waals surface area contributed by atoms with Crippen LogP contribution < -0.4 is 15.5 Å². The standard InChI is InChI=1S/C18H16ClN3O3/c1-2-11-25-16-10-6-3-7-13(16)12-20-22-18(24)17(23)21-15-9-5-4-8-14(15)19/h2-10,12H,1,11H2,(H,21,23)(H,22,24)/b20-12+. The summed E-state index contributed by atoms with van der Waals surface area (Å²) < 4.78 is 5.47. The van der Waals surface area contributed by atoms with Crippen LogP contribution >= 0.6 is 11.6 Å². The molecule has 0 saturated heterocycles. The number of nitrogens with one attached hydrogen (secondary N) is 2. The van der Waals surface area contributed by atoms with Crippen molar-refractivity contribution in [3.8, 4) is 5.75 Å². The zero-order valence-electron chi connectivity index (χ0n) is 13.2. The molecule has 25 heavy (non-hydrogen) atoms. The summed E-state index contributed by atoms with van der Waals surface area (Å²) in [7, 11) is 0. The zero-order chi connectivity index (χ0) is 18.1. The number of rotatable bonds is 6. The van der Waals surface area contributed by atoms with E-state index in [1.165, 1.54) is 6.21 Å². The van der Waals surface area contributed by atoms with E-state index in [1.807, 2.05) is 6.07 Å². The Labute approximate surface area is 150 Å². The van der Waals surface area contributed by atoms with Gasteiger partial charge in [0.05, 0.1) is 16.9 Å². The molecular weight excluding hydrogens is 342 g/mol. The lowest BCUT2D eigenvalue weighted by atomic mass is 10.2. The number of hydrazone groups is 1. The van der Waals surface area contributed by atoms with Gasteiger partial charge in [-0.25, -0.2) is 5.43 Å². The maximum absolute atomic E-state index is 11.8. The smallest absolute Gasteiger partial charge is 0.329 e. The Morgan fingerprint density at radius 2 is 1.84 bits per heavy atom. The van der Waals surface area contributed by atoms with Crippen LogP contribution in [-0.2, 0) is 9.59 Å². The number of hydrogen-bond acceptors (Lipinski definition) is 4. The molecule has 2 aromatic carbocycles. The summed E-state index contributed by atoms with van der Waals surface area (Å²) in [5, 5.41) is 6.51. The molecule has 2 amide bonds. The van der Waals surface area contributed by atoms with E-state index >= 15 is 0 Å². The molecule has 0 spiro atoms. The Kier molecular flexibility index (Phi) is 6.74. The first-order valence-electron chi connectivity index (χ1n) is 7.33. The molecule has 0 fully saturated rings. The van der Waals surface area contributed by atoms with E-state index in [0.717, 1.165) is 0 Å². The second kappa shape index (κ2) is 9.24. The highest BCUT2D eigenvalue weighted by Crippen LogP contribution is 2.20. The predicted molar refractivity (Wildman–Crippen MR) is 98.0 cm³/mol. The third kappa shape index (κ3) is 5.47. The Balaban J connectivity index is 1.95. The molecule has 0 unspecified atom stereocenters. The first-order valence-corrected chi connectivity index (χ1v) is 7.71. The number of carbonyl (C=O) groups is 2. The number of benzene rings is 2. The molecule has 0 aliphatic heterocycles. The monoisotopic (exact) mass is 357 g/mol. The van der Waals surface area contributed by atoms with Gasteiger partial charge in [-0.1, -0.05) is 48.5 Å². The Morgan fingerprint density at radius 3 is 2.60 bits per heavy atom. The van der Waals surface area contributed by atoms with Crippen LogP contribution in [0, 0.1) is 0 Å². The molecule has 7 heteroatoms. The van der Waals surface area contributed by atoms with E-state index in [2.05, 4.69) is 22.4 Å². The number of halogens is 1. The summed E-state index contributed by atoms with van der Waals surface area (Å²) in [6.45, 7) is 3.93. The third-order valence-corrected chi connectivity index (χ3v) is 3.30. The van der Waals surface area contributed by atoms with Gasteiger partial charge >= 0.3 is 11.8 Å². The van der Waals surface area contributed by atoms with E-state index in [1.54, 1.807) is 48.5 Å². The lowest BCUT2D eigenvalue weighted by Crippen LogP contribution is -2.32. The molecule has 0 heterocycles. The van der Waals surface area contributed by atoms with Crippen molar-refractivity contribution in [1.82, 2.24) is 5.43 Å². The fourth-order valence-corrected chi connectivity index (χ4v) is 2.00. The zero-order valence-corrected chi connectivity index (χ0v) is 14.0. The number of anilines is 1. The average Bonchev–Trinajstić information content (AvgIpc) is 2.62. The van der Waals surface area contributed by atoms with Gasteiger partial charge in [-0.15, -0.1) is 0 Å². The molecule has 0 bridgehead atoms. The summed E-state index contributed by atoms with van der Waals surface area (Å²) in [6, 6.07) is 13.7. The van der Waals surface area contributed by atoms with Crippen LogP contribution in [0.5, 0.6) is 5.75 Å². The van der Waals surface area contributed by atoms with Crippen molar-refractivity contribution in [1.29, 1.82) is 0 Å².